The van der Waals surface area contributed by atoms with Crippen molar-refractivity contribution in [3.8, 4) is 0 Å². The van der Waals surface area contributed by atoms with Crippen molar-refractivity contribution in [2.45, 2.75) is 78.6 Å². The summed E-state index contributed by atoms with van der Waals surface area (Å²) in [7, 11) is -9.93. The van der Waals surface area contributed by atoms with E-state index >= 15 is 0 Å². The molecule has 0 radical (unpaired) electrons. The second-order valence-corrected chi connectivity index (χ2v) is 33.0. The van der Waals surface area contributed by atoms with Gasteiger partial charge < -0.3 is 0 Å². The van der Waals surface area contributed by atoms with Crippen molar-refractivity contribution in [1.29, 1.82) is 0 Å². The predicted molar refractivity (Wildman–Crippen MR) is 144 cm³/mol. The maximum Gasteiger partial charge on any atom is 0.161 e. The Hall–Kier alpha value is -1.25. The van der Waals surface area contributed by atoms with Crippen LogP contribution in [0.4, 0.5) is 35.1 Å². The van der Waals surface area contributed by atoms with E-state index in [9.17, 15) is 35.1 Å². The highest BCUT2D eigenvalue weighted by Crippen LogP contribution is 2.19. The van der Waals surface area contributed by atoms with Gasteiger partial charge in [0.15, 0.2) is 46.5 Å². The van der Waals surface area contributed by atoms with Gasteiger partial charge in [-0.05, 0) is 0 Å². The quantitative estimate of drug-likeness (QED) is 0.213. The summed E-state index contributed by atoms with van der Waals surface area (Å²) in [5, 5.41) is -1.56. The van der Waals surface area contributed by atoms with Crippen LogP contribution in [0.2, 0.25) is 78.6 Å². The van der Waals surface area contributed by atoms with Crippen LogP contribution in [-0.4, -0.2) is 32.3 Å². The standard InChI is InChI=1S/2C12H18F4Si2/c2*1-17(2,3)11-7(13)9(15)12(18(4,5)6)10(16)8(11)14/h2*1-6H3. The van der Waals surface area contributed by atoms with Gasteiger partial charge in [-0.1, -0.05) is 78.6 Å². The molecule has 0 aliphatic heterocycles. The summed E-state index contributed by atoms with van der Waals surface area (Å²) < 4.78 is 112. The Morgan fingerprint density at radius 1 is 0.250 bits per heavy atom. The zero-order chi connectivity index (χ0) is 28.9. The zero-order valence-corrected chi connectivity index (χ0v) is 27.0. The van der Waals surface area contributed by atoms with Crippen LogP contribution in [0.15, 0.2) is 0 Å². The molecule has 0 aliphatic rings. The van der Waals surface area contributed by atoms with Crippen molar-refractivity contribution in [3.05, 3.63) is 46.5 Å². The van der Waals surface area contributed by atoms with Gasteiger partial charge >= 0.3 is 0 Å². The Morgan fingerprint density at radius 2 is 0.333 bits per heavy atom. The lowest BCUT2D eigenvalue weighted by molar-refractivity contribution is 0.471. The van der Waals surface area contributed by atoms with Gasteiger partial charge in [-0.3, -0.25) is 0 Å². The first-order valence-corrected chi connectivity index (χ1v) is 25.5. The molecule has 2 aromatic rings. The molecule has 36 heavy (non-hydrogen) atoms. The Morgan fingerprint density at radius 3 is 0.389 bits per heavy atom. The second-order valence-electron chi connectivity index (χ2n) is 13.0. The van der Waals surface area contributed by atoms with E-state index in [1.165, 1.54) is 0 Å². The number of hydrogen-bond donors (Lipinski definition) is 0. The normalized spacial score (nSPS) is 13.0. The second kappa shape index (κ2) is 10.5. The summed E-state index contributed by atoms with van der Waals surface area (Å²) >= 11 is 0. The lowest BCUT2D eigenvalue weighted by Crippen LogP contribution is -2.51. The summed E-state index contributed by atoms with van der Waals surface area (Å²) in [6.07, 6.45) is 0. The largest absolute Gasteiger partial charge is 0.204 e. The van der Waals surface area contributed by atoms with E-state index in [1.807, 2.05) is 0 Å². The summed E-state index contributed by atoms with van der Waals surface area (Å²) in [6, 6.07) is 0. The van der Waals surface area contributed by atoms with Crippen LogP contribution in [-0.2, 0) is 0 Å². The molecule has 0 aromatic heterocycles. The molecule has 0 N–H and O–H groups in total. The highest BCUT2D eigenvalue weighted by Gasteiger charge is 2.38. The minimum absolute atomic E-state index is 0.389. The Labute approximate surface area is 213 Å². The summed E-state index contributed by atoms with van der Waals surface area (Å²) in [5.74, 6) is -9.63. The average Bonchev–Trinajstić information content (AvgIpc) is 2.61. The van der Waals surface area contributed by atoms with Gasteiger partial charge in [-0.25, -0.2) is 35.1 Å². The van der Waals surface area contributed by atoms with Crippen LogP contribution >= 0.6 is 0 Å². The van der Waals surface area contributed by atoms with Crippen LogP contribution in [0.25, 0.3) is 0 Å². The smallest absolute Gasteiger partial charge is 0.161 e. The van der Waals surface area contributed by atoms with E-state index in [0.717, 1.165) is 0 Å². The molecule has 2 rings (SSSR count). The summed E-state index contributed by atoms with van der Waals surface area (Å²) in [6.45, 7) is 19.9. The van der Waals surface area contributed by atoms with Crippen molar-refractivity contribution in [2.24, 2.45) is 0 Å². The highest BCUT2D eigenvalue weighted by molar-refractivity contribution is 6.91. The zero-order valence-electron chi connectivity index (χ0n) is 23.0. The SMILES string of the molecule is C[Si](C)(C)c1c(F)c(F)c([Si](C)(C)C)c(F)c1F.C[Si](C)(C)c1c(F)c(F)c([Si](C)(C)C)c(F)c1F. The number of halogens is 8. The van der Waals surface area contributed by atoms with Crippen LogP contribution in [0, 0.1) is 46.5 Å². The lowest BCUT2D eigenvalue weighted by atomic mass is 10.3. The number of rotatable bonds is 4. The fourth-order valence-corrected chi connectivity index (χ4v) is 10.0. The minimum atomic E-state index is -2.48. The molecule has 0 saturated carbocycles. The predicted octanol–water partition coefficient (Wildman–Crippen LogP) is 6.67. The Kier molecular flexibility index (Phi) is 9.55. The van der Waals surface area contributed by atoms with Crippen molar-refractivity contribution in [1.82, 2.24) is 0 Å². The average molecular weight is 589 g/mol. The van der Waals surface area contributed by atoms with Crippen molar-refractivity contribution in [2.75, 3.05) is 0 Å². The first-order valence-electron chi connectivity index (χ1n) is 11.5. The summed E-state index contributed by atoms with van der Waals surface area (Å²) in [5.41, 5.74) is 0. The van der Waals surface area contributed by atoms with Crippen molar-refractivity contribution < 1.29 is 35.1 Å². The van der Waals surface area contributed by atoms with Crippen LogP contribution in [0.3, 0.4) is 0 Å². The monoisotopic (exact) mass is 588 g/mol. The number of hydrogen-bond acceptors (Lipinski definition) is 0. The van der Waals surface area contributed by atoms with E-state index in [1.54, 1.807) is 78.6 Å². The third-order valence-corrected chi connectivity index (χ3v) is 13.3. The van der Waals surface area contributed by atoms with E-state index in [-0.39, 0.29) is 20.7 Å². The topological polar surface area (TPSA) is 0 Å². The van der Waals surface area contributed by atoms with Crippen molar-refractivity contribution in [3.63, 3.8) is 0 Å². The van der Waals surface area contributed by atoms with Crippen LogP contribution < -0.4 is 20.7 Å². The molecular formula is C24H36F8Si4. The molecule has 0 unspecified atom stereocenters. The molecule has 204 valence electrons. The molecular weight excluding hydrogens is 553 g/mol. The van der Waals surface area contributed by atoms with Gasteiger partial charge in [0, 0.05) is 20.7 Å². The first kappa shape index (κ1) is 32.8. The van der Waals surface area contributed by atoms with E-state index < -0.39 is 78.8 Å². The van der Waals surface area contributed by atoms with Gasteiger partial charge in [-0.2, -0.15) is 0 Å². The fourth-order valence-electron chi connectivity index (χ4n) is 3.90. The van der Waals surface area contributed by atoms with Gasteiger partial charge in [0.25, 0.3) is 0 Å². The maximum absolute atomic E-state index is 14.0. The molecule has 0 saturated heterocycles. The first-order chi connectivity index (χ1) is 15.8. The van der Waals surface area contributed by atoms with E-state index in [0.29, 0.717) is 0 Å². The molecule has 0 aliphatic carbocycles. The third kappa shape index (κ3) is 6.59. The number of benzene rings is 2. The third-order valence-electron chi connectivity index (χ3n) is 5.53. The van der Waals surface area contributed by atoms with Gasteiger partial charge in [0.2, 0.25) is 0 Å². The van der Waals surface area contributed by atoms with Gasteiger partial charge in [0.1, 0.15) is 0 Å². The molecule has 0 fully saturated rings. The molecule has 0 bridgehead atoms. The molecule has 0 spiro atoms. The fraction of sp³-hybridized carbons (Fsp3) is 0.500. The minimum Gasteiger partial charge on any atom is -0.204 e. The van der Waals surface area contributed by atoms with E-state index in [4.69, 9.17) is 0 Å². The van der Waals surface area contributed by atoms with Crippen molar-refractivity contribution >= 4 is 53.0 Å². The van der Waals surface area contributed by atoms with Gasteiger partial charge in [0.05, 0.1) is 32.3 Å². The Balaban J connectivity index is 0.000000360. The molecule has 2 aromatic carbocycles. The molecule has 0 heterocycles. The highest BCUT2D eigenvalue weighted by atomic mass is 28.3. The maximum atomic E-state index is 14.0. The Bertz CT molecular complexity index is 912. The molecule has 0 amide bonds. The summed E-state index contributed by atoms with van der Waals surface area (Å²) in [4.78, 5) is 0. The van der Waals surface area contributed by atoms with Crippen LogP contribution in [0.1, 0.15) is 0 Å². The molecule has 12 heteroatoms. The molecule has 0 nitrogen and oxygen atoms in total. The van der Waals surface area contributed by atoms with Gasteiger partial charge in [-0.15, -0.1) is 0 Å². The lowest BCUT2D eigenvalue weighted by Gasteiger charge is -2.24. The van der Waals surface area contributed by atoms with E-state index in [2.05, 4.69) is 0 Å². The van der Waals surface area contributed by atoms with Crippen LogP contribution in [0.5, 0.6) is 0 Å². The molecule has 0 atom stereocenters.